The Kier molecular flexibility index (Phi) is 5.97. The molecule has 2 N–H and O–H groups in total. The molecule has 0 unspecified atom stereocenters. The van der Waals surface area contributed by atoms with Crippen LogP contribution in [0.25, 0.3) is 11.3 Å². The minimum atomic E-state index is -3.45. The second kappa shape index (κ2) is 8.46. The Morgan fingerprint density at radius 1 is 1.07 bits per heavy atom. The highest BCUT2D eigenvalue weighted by atomic mass is 32.2. The Labute approximate surface area is 174 Å². The van der Waals surface area contributed by atoms with Gasteiger partial charge < -0.3 is 19.3 Å². The maximum absolute atomic E-state index is 12.6. The van der Waals surface area contributed by atoms with E-state index in [9.17, 15) is 13.2 Å². The first-order valence-corrected chi connectivity index (χ1v) is 10.7. The van der Waals surface area contributed by atoms with Crippen LogP contribution in [-0.2, 0) is 10.0 Å². The molecule has 0 atom stereocenters. The molecule has 30 heavy (non-hydrogen) atoms. The van der Waals surface area contributed by atoms with Crippen molar-refractivity contribution < 1.29 is 27.2 Å². The molecule has 0 fully saturated rings. The number of hydrogen-bond donors (Lipinski definition) is 2. The molecule has 1 aromatic heterocycles. The lowest BCUT2D eigenvalue weighted by Crippen LogP contribution is -2.14. The molecule has 2 aromatic carbocycles. The van der Waals surface area contributed by atoms with Gasteiger partial charge in [-0.2, -0.15) is 0 Å². The summed E-state index contributed by atoms with van der Waals surface area (Å²) in [5, 5.41) is 6.50. The summed E-state index contributed by atoms with van der Waals surface area (Å²) in [7, 11) is -0.385. The van der Waals surface area contributed by atoms with Crippen LogP contribution in [0.5, 0.6) is 11.5 Å². The summed E-state index contributed by atoms with van der Waals surface area (Å²) >= 11 is 0. The molecule has 3 aromatic rings. The fourth-order valence-corrected chi connectivity index (χ4v) is 3.34. The van der Waals surface area contributed by atoms with E-state index in [1.54, 1.807) is 44.4 Å². The van der Waals surface area contributed by atoms with Crippen LogP contribution in [0.4, 0.5) is 11.4 Å². The molecule has 0 aliphatic rings. The molecule has 1 amide bonds. The molecule has 158 valence electrons. The minimum absolute atomic E-state index is 0.0491. The first kappa shape index (κ1) is 21.2. The van der Waals surface area contributed by atoms with E-state index in [0.717, 1.165) is 6.26 Å². The van der Waals surface area contributed by atoms with Crippen LogP contribution in [0.1, 0.15) is 16.1 Å². The number of aromatic nitrogens is 1. The average Bonchev–Trinajstić information content (AvgIpc) is 3.19. The van der Waals surface area contributed by atoms with Crippen molar-refractivity contribution in [1.29, 1.82) is 0 Å². The smallest absolute Gasteiger partial charge is 0.277 e. The molecule has 9 nitrogen and oxygen atoms in total. The molecule has 0 saturated carbocycles. The summed E-state index contributed by atoms with van der Waals surface area (Å²) < 4.78 is 41.3. The molecule has 0 bridgehead atoms. The molecule has 3 rings (SSSR count). The van der Waals surface area contributed by atoms with Gasteiger partial charge >= 0.3 is 0 Å². The van der Waals surface area contributed by atoms with Gasteiger partial charge in [0.1, 0.15) is 11.5 Å². The van der Waals surface area contributed by atoms with Crippen molar-refractivity contribution in [3.05, 3.63) is 53.7 Å². The second-order valence-electron chi connectivity index (χ2n) is 6.50. The van der Waals surface area contributed by atoms with E-state index in [1.165, 1.54) is 19.2 Å². The number of hydrogen-bond acceptors (Lipinski definition) is 7. The van der Waals surface area contributed by atoms with Crippen molar-refractivity contribution in [1.82, 2.24) is 5.16 Å². The Hall–Kier alpha value is -3.53. The first-order chi connectivity index (χ1) is 14.2. The van der Waals surface area contributed by atoms with Crippen LogP contribution >= 0.6 is 0 Å². The van der Waals surface area contributed by atoms with Crippen molar-refractivity contribution >= 4 is 27.3 Å². The average molecular weight is 431 g/mol. The van der Waals surface area contributed by atoms with E-state index in [0.29, 0.717) is 39.8 Å². The van der Waals surface area contributed by atoms with E-state index in [2.05, 4.69) is 15.2 Å². The van der Waals surface area contributed by atoms with Crippen molar-refractivity contribution in [3.63, 3.8) is 0 Å². The summed E-state index contributed by atoms with van der Waals surface area (Å²) in [5.74, 6) is 0.952. The highest BCUT2D eigenvalue weighted by molar-refractivity contribution is 7.92. The van der Waals surface area contributed by atoms with Crippen LogP contribution in [-0.4, -0.2) is 40.0 Å². The molecule has 0 aliphatic heterocycles. The summed E-state index contributed by atoms with van der Waals surface area (Å²) in [6.07, 6.45) is 1.06. The van der Waals surface area contributed by atoms with Gasteiger partial charge in [-0.15, -0.1) is 0 Å². The van der Waals surface area contributed by atoms with Gasteiger partial charge in [-0.05, 0) is 42.8 Å². The van der Waals surface area contributed by atoms with E-state index >= 15 is 0 Å². The van der Waals surface area contributed by atoms with Gasteiger partial charge in [0, 0.05) is 11.8 Å². The topological polar surface area (TPSA) is 120 Å². The fourth-order valence-electron chi connectivity index (χ4n) is 2.72. The number of benzene rings is 2. The maximum Gasteiger partial charge on any atom is 0.277 e. The van der Waals surface area contributed by atoms with Gasteiger partial charge in [0.15, 0.2) is 11.5 Å². The number of aryl methyl sites for hydroxylation is 1. The van der Waals surface area contributed by atoms with Crippen LogP contribution in [0, 0.1) is 6.92 Å². The molecule has 0 spiro atoms. The molecule has 0 aliphatic carbocycles. The number of carbonyl (C=O) groups excluding carboxylic acids is 1. The van der Waals surface area contributed by atoms with E-state index in [4.69, 9.17) is 14.0 Å². The molecule has 0 saturated heterocycles. The van der Waals surface area contributed by atoms with E-state index < -0.39 is 15.9 Å². The molecule has 0 radical (unpaired) electrons. The van der Waals surface area contributed by atoms with Gasteiger partial charge in [-0.1, -0.05) is 11.2 Å². The van der Waals surface area contributed by atoms with Crippen molar-refractivity contribution in [3.8, 4) is 22.8 Å². The van der Waals surface area contributed by atoms with E-state index in [1.807, 2.05) is 0 Å². The largest absolute Gasteiger partial charge is 0.497 e. The Morgan fingerprint density at radius 2 is 1.83 bits per heavy atom. The van der Waals surface area contributed by atoms with Gasteiger partial charge in [0.25, 0.3) is 5.91 Å². The van der Waals surface area contributed by atoms with Crippen LogP contribution < -0.4 is 19.5 Å². The zero-order valence-corrected chi connectivity index (χ0v) is 17.7. The highest BCUT2D eigenvalue weighted by Gasteiger charge is 2.18. The predicted molar refractivity (Wildman–Crippen MR) is 113 cm³/mol. The number of ether oxygens (including phenoxy) is 2. The Bertz CT molecular complexity index is 1190. The molecular weight excluding hydrogens is 410 g/mol. The molecular formula is C20H21N3O6S. The zero-order chi connectivity index (χ0) is 21.9. The lowest BCUT2D eigenvalue weighted by Gasteiger charge is -2.10. The third-order valence-electron chi connectivity index (χ3n) is 4.21. The number of sulfonamides is 1. The summed E-state index contributed by atoms with van der Waals surface area (Å²) in [4.78, 5) is 12.6. The number of anilines is 2. The number of carbonyl (C=O) groups is 1. The SMILES string of the molecule is COc1ccc(OC)c(-c2cc(C(=O)Nc3ccc(C)c(NS(C)(=O)=O)c3)no2)c1. The molecule has 10 heteroatoms. The normalized spacial score (nSPS) is 11.1. The van der Waals surface area contributed by atoms with Crippen LogP contribution in [0.3, 0.4) is 0 Å². The van der Waals surface area contributed by atoms with E-state index in [-0.39, 0.29) is 5.69 Å². The maximum atomic E-state index is 12.6. The summed E-state index contributed by atoms with van der Waals surface area (Å²) in [5.41, 5.74) is 2.12. The minimum Gasteiger partial charge on any atom is -0.497 e. The number of nitrogens with one attached hydrogen (secondary N) is 2. The monoisotopic (exact) mass is 431 g/mol. The third-order valence-corrected chi connectivity index (χ3v) is 4.80. The lowest BCUT2D eigenvalue weighted by molar-refractivity contribution is 0.101. The predicted octanol–water partition coefficient (Wildman–Crippen LogP) is 3.29. The standard InChI is InChI=1S/C20H21N3O6S/c1-12-5-6-13(9-16(12)23-30(4,25)26)21-20(24)17-11-19(29-22-17)15-10-14(27-2)7-8-18(15)28-3/h5-11,23H,1-4H3,(H,21,24). The number of rotatable bonds is 7. The zero-order valence-electron chi connectivity index (χ0n) is 16.8. The highest BCUT2D eigenvalue weighted by Crippen LogP contribution is 2.34. The number of amides is 1. The quantitative estimate of drug-likeness (QED) is 0.589. The van der Waals surface area contributed by atoms with Crippen LogP contribution in [0.2, 0.25) is 0 Å². The van der Waals surface area contributed by atoms with Gasteiger partial charge in [0.05, 0.1) is 31.7 Å². The Balaban J connectivity index is 1.84. The van der Waals surface area contributed by atoms with Gasteiger partial charge in [0.2, 0.25) is 10.0 Å². The van der Waals surface area contributed by atoms with Gasteiger partial charge in [-0.3, -0.25) is 9.52 Å². The number of nitrogens with zero attached hydrogens (tertiary/aromatic N) is 1. The Morgan fingerprint density at radius 3 is 2.50 bits per heavy atom. The number of methoxy groups -OCH3 is 2. The first-order valence-electron chi connectivity index (χ1n) is 8.79. The van der Waals surface area contributed by atoms with Crippen molar-refractivity contribution in [2.45, 2.75) is 6.92 Å². The second-order valence-corrected chi connectivity index (χ2v) is 8.25. The summed E-state index contributed by atoms with van der Waals surface area (Å²) in [6, 6.07) is 11.5. The van der Waals surface area contributed by atoms with Gasteiger partial charge in [-0.25, -0.2) is 8.42 Å². The molecule has 1 heterocycles. The fraction of sp³-hybridized carbons (Fsp3) is 0.200. The lowest BCUT2D eigenvalue weighted by atomic mass is 10.1. The van der Waals surface area contributed by atoms with Crippen LogP contribution in [0.15, 0.2) is 47.0 Å². The third kappa shape index (κ3) is 4.90. The van der Waals surface area contributed by atoms with Crippen molar-refractivity contribution in [2.24, 2.45) is 0 Å². The summed E-state index contributed by atoms with van der Waals surface area (Å²) in [6.45, 7) is 1.75. The van der Waals surface area contributed by atoms with Crippen molar-refractivity contribution in [2.75, 3.05) is 30.5 Å².